The summed E-state index contributed by atoms with van der Waals surface area (Å²) in [7, 11) is 1.35. The fourth-order valence-corrected chi connectivity index (χ4v) is 1.29. The molecule has 0 fully saturated rings. The zero-order valence-electron chi connectivity index (χ0n) is 9.71. The first-order valence-corrected chi connectivity index (χ1v) is 5.43. The minimum atomic E-state index is -0.327. The minimum absolute atomic E-state index is 0.133. The fraction of sp³-hybridized carbons (Fsp3) is 0.400. The van der Waals surface area contributed by atoms with Gasteiger partial charge in [0.15, 0.2) is 0 Å². The molecule has 0 unspecified atom stereocenters. The van der Waals surface area contributed by atoms with Gasteiger partial charge in [-0.25, -0.2) is 9.97 Å². The summed E-state index contributed by atoms with van der Waals surface area (Å²) in [4.78, 5) is 21.3. The molecule has 2 N–H and O–H groups in total. The van der Waals surface area contributed by atoms with Gasteiger partial charge < -0.3 is 15.4 Å². The van der Waals surface area contributed by atoms with Gasteiger partial charge in [0.1, 0.15) is 23.0 Å². The van der Waals surface area contributed by atoms with Crippen LogP contribution < -0.4 is 10.6 Å². The monoisotopic (exact) mass is 254 g/mol. The van der Waals surface area contributed by atoms with Crippen molar-refractivity contribution in [1.82, 2.24) is 9.97 Å². The number of methoxy groups -OCH3 is 1. The topological polar surface area (TPSA) is 81.3 Å². The van der Waals surface area contributed by atoms with E-state index in [9.17, 15) is 4.79 Å². The summed E-state index contributed by atoms with van der Waals surface area (Å²) in [6.45, 7) is 2.66. The number of esters is 1. The molecule has 0 bridgehead atoms. The van der Waals surface area contributed by atoms with Crippen molar-refractivity contribution in [3.05, 3.63) is 18.1 Å². The maximum Gasteiger partial charge on any atom is 0.325 e. The zero-order valence-corrected chi connectivity index (χ0v) is 10.5. The predicted molar refractivity (Wildman–Crippen MR) is 67.8 cm³/mol. The molecule has 0 aliphatic carbocycles. The van der Waals surface area contributed by atoms with Crippen molar-refractivity contribution in [3.63, 3.8) is 0 Å². The third-order valence-corrected chi connectivity index (χ3v) is 2.35. The molecule has 1 heterocycles. The minimum Gasteiger partial charge on any atom is -0.468 e. The number of anilines is 1. The summed E-state index contributed by atoms with van der Waals surface area (Å²) in [6.07, 6.45) is 3.01. The molecule has 0 aliphatic heterocycles. The molecule has 1 aromatic heterocycles. The van der Waals surface area contributed by atoms with Crippen LogP contribution in [-0.2, 0) is 9.53 Å². The van der Waals surface area contributed by atoms with Crippen LogP contribution in [0.4, 0.5) is 5.82 Å². The van der Waals surface area contributed by atoms with Crippen molar-refractivity contribution >= 4 is 29.0 Å². The van der Waals surface area contributed by atoms with Gasteiger partial charge in [-0.3, -0.25) is 4.79 Å². The molecular formula is C10H14N4O2S. The Hall–Kier alpha value is -1.76. The van der Waals surface area contributed by atoms with E-state index in [2.05, 4.69) is 14.7 Å². The summed E-state index contributed by atoms with van der Waals surface area (Å²) in [6, 6.07) is 0. The number of nitrogens with two attached hydrogens (primary N) is 1. The lowest BCUT2D eigenvalue weighted by molar-refractivity contribution is -0.138. The van der Waals surface area contributed by atoms with Crippen LogP contribution in [0.25, 0.3) is 0 Å². The number of hydrogen-bond acceptors (Lipinski definition) is 6. The van der Waals surface area contributed by atoms with Gasteiger partial charge in [-0.2, -0.15) is 0 Å². The average molecular weight is 254 g/mol. The molecule has 92 valence electrons. The Bertz CT molecular complexity index is 407. The molecule has 17 heavy (non-hydrogen) atoms. The molecule has 0 aromatic carbocycles. The number of aromatic nitrogens is 2. The lowest BCUT2D eigenvalue weighted by atomic mass is 10.4. The number of nitrogens with zero attached hydrogens (tertiary/aromatic N) is 3. The Morgan fingerprint density at radius 3 is 2.65 bits per heavy atom. The summed E-state index contributed by atoms with van der Waals surface area (Å²) in [5, 5.41) is 0. The van der Waals surface area contributed by atoms with Crippen molar-refractivity contribution in [3.8, 4) is 0 Å². The van der Waals surface area contributed by atoms with E-state index in [1.807, 2.05) is 6.92 Å². The Labute approximate surface area is 105 Å². The third-order valence-electron chi connectivity index (χ3n) is 2.14. The largest absolute Gasteiger partial charge is 0.468 e. The van der Waals surface area contributed by atoms with Crippen LogP contribution in [0.2, 0.25) is 0 Å². The van der Waals surface area contributed by atoms with Crippen LogP contribution in [0.5, 0.6) is 0 Å². The van der Waals surface area contributed by atoms with Crippen LogP contribution in [0.1, 0.15) is 12.6 Å². The van der Waals surface area contributed by atoms with Crippen LogP contribution in [0, 0.1) is 0 Å². The fourth-order valence-electron chi connectivity index (χ4n) is 1.19. The van der Waals surface area contributed by atoms with Gasteiger partial charge in [-0.05, 0) is 6.92 Å². The number of thiocarbonyl (C=S) groups is 1. The van der Waals surface area contributed by atoms with Crippen molar-refractivity contribution in [2.24, 2.45) is 5.73 Å². The van der Waals surface area contributed by atoms with E-state index in [-0.39, 0.29) is 17.5 Å². The Morgan fingerprint density at radius 1 is 1.53 bits per heavy atom. The molecule has 0 amide bonds. The normalized spacial score (nSPS) is 9.76. The lowest BCUT2D eigenvalue weighted by Crippen LogP contribution is -2.31. The Balaban J connectivity index is 2.82. The van der Waals surface area contributed by atoms with E-state index in [1.54, 1.807) is 4.90 Å². The molecule has 7 heteroatoms. The highest BCUT2D eigenvalue weighted by Gasteiger charge is 2.11. The van der Waals surface area contributed by atoms with Gasteiger partial charge in [-0.15, -0.1) is 0 Å². The molecule has 0 saturated heterocycles. The number of rotatable bonds is 5. The Morgan fingerprint density at radius 2 is 2.24 bits per heavy atom. The van der Waals surface area contributed by atoms with Gasteiger partial charge in [0.25, 0.3) is 0 Å². The first kappa shape index (κ1) is 13.3. The number of likely N-dealkylation sites (N-methyl/N-ethyl adjacent to an activating group) is 1. The van der Waals surface area contributed by atoms with Crippen molar-refractivity contribution in [1.29, 1.82) is 0 Å². The second kappa shape index (κ2) is 6.09. The number of carbonyl (C=O) groups is 1. The van der Waals surface area contributed by atoms with E-state index in [0.29, 0.717) is 18.1 Å². The predicted octanol–water partition coefficient (Wildman–Crippen LogP) is 0.110. The number of ether oxygens (including phenoxy) is 1. The van der Waals surface area contributed by atoms with E-state index in [4.69, 9.17) is 18.0 Å². The van der Waals surface area contributed by atoms with Crippen molar-refractivity contribution in [2.75, 3.05) is 25.1 Å². The first-order valence-electron chi connectivity index (χ1n) is 5.02. The van der Waals surface area contributed by atoms with Crippen LogP contribution in [0.15, 0.2) is 12.4 Å². The number of hydrogen-bond donors (Lipinski definition) is 1. The molecule has 6 nitrogen and oxygen atoms in total. The summed E-state index contributed by atoms with van der Waals surface area (Å²) in [5.74, 6) is 0.255. The average Bonchev–Trinajstić information content (AvgIpc) is 2.35. The van der Waals surface area contributed by atoms with Crippen LogP contribution in [0.3, 0.4) is 0 Å². The van der Waals surface area contributed by atoms with E-state index >= 15 is 0 Å². The quantitative estimate of drug-likeness (QED) is 0.590. The molecule has 1 rings (SSSR count). The smallest absolute Gasteiger partial charge is 0.325 e. The molecule has 0 atom stereocenters. The van der Waals surface area contributed by atoms with Crippen LogP contribution in [-0.4, -0.2) is 41.1 Å². The standard InChI is InChI=1S/C10H14N4O2S/c1-3-14(6-9(15)16-2)8-5-12-7(4-13-8)10(11)17/h4-5H,3,6H2,1-2H3,(H2,11,17). The second-order valence-corrected chi connectivity index (χ2v) is 3.65. The molecule has 0 saturated carbocycles. The molecule has 1 aromatic rings. The van der Waals surface area contributed by atoms with E-state index in [1.165, 1.54) is 19.5 Å². The zero-order chi connectivity index (χ0) is 12.8. The van der Waals surface area contributed by atoms with Gasteiger partial charge in [0.2, 0.25) is 0 Å². The molecule has 0 aliphatic rings. The third kappa shape index (κ3) is 3.63. The van der Waals surface area contributed by atoms with Gasteiger partial charge >= 0.3 is 5.97 Å². The number of carbonyl (C=O) groups excluding carboxylic acids is 1. The van der Waals surface area contributed by atoms with E-state index in [0.717, 1.165) is 0 Å². The summed E-state index contributed by atoms with van der Waals surface area (Å²) >= 11 is 4.78. The molecule has 0 radical (unpaired) electrons. The highest BCUT2D eigenvalue weighted by atomic mass is 32.1. The lowest BCUT2D eigenvalue weighted by Gasteiger charge is -2.19. The van der Waals surface area contributed by atoms with Gasteiger partial charge in [-0.1, -0.05) is 12.2 Å². The van der Waals surface area contributed by atoms with Crippen molar-refractivity contribution in [2.45, 2.75) is 6.92 Å². The summed E-state index contributed by atoms with van der Waals surface area (Å²) < 4.78 is 4.60. The van der Waals surface area contributed by atoms with E-state index < -0.39 is 0 Å². The first-order chi connectivity index (χ1) is 8.08. The highest BCUT2D eigenvalue weighted by Crippen LogP contribution is 2.08. The van der Waals surface area contributed by atoms with Gasteiger partial charge in [0, 0.05) is 6.54 Å². The van der Waals surface area contributed by atoms with Crippen LogP contribution >= 0.6 is 12.2 Å². The maximum atomic E-state index is 11.2. The summed E-state index contributed by atoms with van der Waals surface area (Å²) in [5.41, 5.74) is 5.87. The maximum absolute atomic E-state index is 11.2. The highest BCUT2D eigenvalue weighted by molar-refractivity contribution is 7.80. The SMILES string of the molecule is CCN(CC(=O)OC)c1cnc(C(N)=S)cn1. The Kier molecular flexibility index (Phi) is 4.77. The second-order valence-electron chi connectivity index (χ2n) is 3.21. The van der Waals surface area contributed by atoms with Gasteiger partial charge in [0.05, 0.1) is 19.5 Å². The molecule has 0 spiro atoms. The molecular weight excluding hydrogens is 240 g/mol. The van der Waals surface area contributed by atoms with Crippen molar-refractivity contribution < 1.29 is 9.53 Å².